The molecule has 0 aromatic heterocycles. The lowest BCUT2D eigenvalue weighted by atomic mass is 10.1. The number of carbonyl (C=O) groups is 2. The van der Waals surface area contributed by atoms with Crippen LogP contribution < -0.4 is 9.46 Å². The van der Waals surface area contributed by atoms with Gasteiger partial charge in [-0.15, -0.1) is 0 Å². The molecule has 0 aliphatic carbocycles. The lowest BCUT2D eigenvalue weighted by Gasteiger charge is -2.23. The highest BCUT2D eigenvalue weighted by Crippen LogP contribution is 2.25. The molecule has 2 aromatic rings. The standard InChI is InChI=1S/C20H24N2O6S/c1-21-29(25,26)18-13-16(9-10-17(18)27-2)20(24)22(12-11-19(23)28-3)14-15-7-5-4-6-8-15/h4-10,13,21H,11-12,14H2,1-3H3. The Hall–Kier alpha value is -2.91. The maximum Gasteiger partial charge on any atom is 0.307 e. The molecular weight excluding hydrogens is 396 g/mol. The van der Waals surface area contributed by atoms with Gasteiger partial charge in [0.25, 0.3) is 5.91 Å². The van der Waals surface area contributed by atoms with Crippen LogP contribution in [0.5, 0.6) is 5.75 Å². The van der Waals surface area contributed by atoms with Crippen molar-refractivity contribution < 1.29 is 27.5 Å². The zero-order chi connectivity index (χ0) is 21.4. The third-order valence-corrected chi connectivity index (χ3v) is 5.72. The lowest BCUT2D eigenvalue weighted by Crippen LogP contribution is -2.33. The Morgan fingerprint density at radius 3 is 2.34 bits per heavy atom. The average Bonchev–Trinajstić information content (AvgIpc) is 2.76. The number of benzene rings is 2. The molecule has 2 aromatic carbocycles. The van der Waals surface area contributed by atoms with Crippen molar-refractivity contribution in [3.8, 4) is 5.75 Å². The van der Waals surface area contributed by atoms with Crippen molar-refractivity contribution >= 4 is 21.9 Å². The number of nitrogens with zero attached hydrogens (tertiary/aromatic N) is 1. The predicted octanol–water partition coefficient (Wildman–Crippen LogP) is 1.81. The van der Waals surface area contributed by atoms with E-state index in [0.717, 1.165) is 5.56 Å². The van der Waals surface area contributed by atoms with Gasteiger partial charge in [-0.25, -0.2) is 13.1 Å². The zero-order valence-corrected chi connectivity index (χ0v) is 17.4. The van der Waals surface area contributed by atoms with Crippen LogP contribution in [0.25, 0.3) is 0 Å². The fourth-order valence-corrected chi connectivity index (χ4v) is 3.62. The molecule has 2 rings (SSSR count). The van der Waals surface area contributed by atoms with Crippen LogP contribution in [0, 0.1) is 0 Å². The highest BCUT2D eigenvalue weighted by Gasteiger charge is 2.23. The summed E-state index contributed by atoms with van der Waals surface area (Å²) in [5, 5.41) is 0. The summed E-state index contributed by atoms with van der Waals surface area (Å²) in [6.07, 6.45) is 0.0207. The maximum absolute atomic E-state index is 13.1. The van der Waals surface area contributed by atoms with Gasteiger partial charge in [0.2, 0.25) is 10.0 Å². The van der Waals surface area contributed by atoms with Gasteiger partial charge in [0.15, 0.2) is 0 Å². The number of methoxy groups -OCH3 is 2. The summed E-state index contributed by atoms with van der Waals surface area (Å²) in [5.41, 5.74) is 1.04. The van der Waals surface area contributed by atoms with Gasteiger partial charge in [-0.2, -0.15) is 0 Å². The number of hydrogen-bond donors (Lipinski definition) is 1. The summed E-state index contributed by atoms with van der Waals surface area (Å²) in [7, 11) is 0.0806. The Bertz CT molecular complexity index is 960. The van der Waals surface area contributed by atoms with Crippen molar-refractivity contribution in [3.63, 3.8) is 0 Å². The number of amides is 1. The topological polar surface area (TPSA) is 102 Å². The molecule has 29 heavy (non-hydrogen) atoms. The van der Waals surface area contributed by atoms with Crippen LogP contribution in [0.1, 0.15) is 22.3 Å². The van der Waals surface area contributed by atoms with Crippen molar-refractivity contribution in [2.24, 2.45) is 0 Å². The van der Waals surface area contributed by atoms with Crippen LogP contribution in [0.15, 0.2) is 53.4 Å². The molecule has 0 bridgehead atoms. The molecule has 0 unspecified atom stereocenters. The zero-order valence-electron chi connectivity index (χ0n) is 16.5. The van der Waals surface area contributed by atoms with Gasteiger partial charge in [0.1, 0.15) is 10.6 Å². The van der Waals surface area contributed by atoms with Crippen molar-refractivity contribution in [2.45, 2.75) is 17.9 Å². The molecule has 156 valence electrons. The first-order valence-corrected chi connectivity index (χ1v) is 10.3. The molecule has 0 atom stereocenters. The van der Waals surface area contributed by atoms with Gasteiger partial charge in [0.05, 0.1) is 20.6 Å². The molecule has 0 saturated carbocycles. The fourth-order valence-electron chi connectivity index (χ4n) is 2.70. The number of nitrogens with one attached hydrogen (secondary N) is 1. The molecule has 9 heteroatoms. The van der Waals surface area contributed by atoms with E-state index in [0.29, 0.717) is 0 Å². The largest absolute Gasteiger partial charge is 0.495 e. The summed E-state index contributed by atoms with van der Waals surface area (Å²) < 4.78 is 36.6. The van der Waals surface area contributed by atoms with Crippen LogP contribution in [0.2, 0.25) is 0 Å². The Morgan fingerprint density at radius 2 is 1.76 bits per heavy atom. The van der Waals surface area contributed by atoms with Crippen molar-refractivity contribution in [1.82, 2.24) is 9.62 Å². The first kappa shape index (κ1) is 22.4. The molecule has 8 nitrogen and oxygen atoms in total. The smallest absolute Gasteiger partial charge is 0.307 e. The molecule has 0 saturated heterocycles. The van der Waals surface area contributed by atoms with E-state index >= 15 is 0 Å². The van der Waals surface area contributed by atoms with E-state index in [4.69, 9.17) is 4.74 Å². The van der Waals surface area contributed by atoms with E-state index in [1.807, 2.05) is 30.3 Å². The monoisotopic (exact) mass is 420 g/mol. The second kappa shape index (κ2) is 10.0. The van der Waals surface area contributed by atoms with Gasteiger partial charge >= 0.3 is 5.97 Å². The van der Waals surface area contributed by atoms with Crippen LogP contribution in [0.4, 0.5) is 0 Å². The molecule has 1 N–H and O–H groups in total. The quantitative estimate of drug-likeness (QED) is 0.621. The van der Waals surface area contributed by atoms with Crippen LogP contribution in [0.3, 0.4) is 0 Å². The second-order valence-corrected chi connectivity index (χ2v) is 7.97. The van der Waals surface area contributed by atoms with E-state index in [-0.39, 0.29) is 35.7 Å². The SMILES string of the molecule is CNS(=O)(=O)c1cc(C(=O)N(CCC(=O)OC)Cc2ccccc2)ccc1OC. The highest BCUT2D eigenvalue weighted by atomic mass is 32.2. The summed E-state index contributed by atoms with van der Waals surface area (Å²) in [5.74, 6) is -0.725. The lowest BCUT2D eigenvalue weighted by molar-refractivity contribution is -0.140. The first-order chi connectivity index (χ1) is 13.8. The van der Waals surface area contributed by atoms with E-state index < -0.39 is 21.9 Å². The first-order valence-electron chi connectivity index (χ1n) is 8.84. The Kier molecular flexibility index (Phi) is 7.74. The molecule has 0 radical (unpaired) electrons. The van der Waals surface area contributed by atoms with E-state index in [2.05, 4.69) is 9.46 Å². The average molecular weight is 420 g/mol. The fraction of sp³-hybridized carbons (Fsp3) is 0.300. The van der Waals surface area contributed by atoms with Gasteiger partial charge < -0.3 is 14.4 Å². The van der Waals surface area contributed by atoms with Gasteiger partial charge in [0, 0.05) is 18.7 Å². The number of hydrogen-bond acceptors (Lipinski definition) is 6. The number of rotatable bonds is 9. The molecule has 0 spiro atoms. The van der Waals surface area contributed by atoms with Gasteiger partial charge in [-0.1, -0.05) is 30.3 Å². The van der Waals surface area contributed by atoms with E-state index in [9.17, 15) is 18.0 Å². The normalized spacial score (nSPS) is 11.0. The Labute approximate surface area is 170 Å². The number of sulfonamides is 1. The Balaban J connectivity index is 2.38. The molecule has 0 fully saturated rings. The van der Waals surface area contributed by atoms with Crippen molar-refractivity contribution in [1.29, 1.82) is 0 Å². The minimum absolute atomic E-state index is 0.0207. The summed E-state index contributed by atoms with van der Waals surface area (Å²) in [6.45, 7) is 0.386. The van der Waals surface area contributed by atoms with Crippen molar-refractivity contribution in [3.05, 3.63) is 59.7 Å². The summed E-state index contributed by atoms with van der Waals surface area (Å²) >= 11 is 0. The summed E-state index contributed by atoms with van der Waals surface area (Å²) in [4.78, 5) is 26.0. The van der Waals surface area contributed by atoms with Crippen LogP contribution >= 0.6 is 0 Å². The third kappa shape index (κ3) is 5.78. The van der Waals surface area contributed by atoms with Gasteiger partial charge in [-0.05, 0) is 30.8 Å². The number of carbonyl (C=O) groups excluding carboxylic acids is 2. The minimum atomic E-state index is -3.83. The Morgan fingerprint density at radius 1 is 1.07 bits per heavy atom. The molecule has 1 amide bonds. The molecule has 0 aliphatic rings. The second-order valence-electron chi connectivity index (χ2n) is 6.11. The van der Waals surface area contributed by atoms with E-state index in [1.165, 1.54) is 44.4 Å². The predicted molar refractivity (Wildman–Crippen MR) is 107 cm³/mol. The number of esters is 1. The molecule has 0 heterocycles. The molecular formula is C20H24N2O6S. The van der Waals surface area contributed by atoms with Crippen LogP contribution in [-0.4, -0.2) is 53.0 Å². The van der Waals surface area contributed by atoms with E-state index in [1.54, 1.807) is 0 Å². The van der Waals surface area contributed by atoms with Crippen molar-refractivity contribution in [2.75, 3.05) is 27.8 Å². The van der Waals surface area contributed by atoms with Crippen LogP contribution in [-0.2, 0) is 26.1 Å². The number of ether oxygens (including phenoxy) is 2. The summed E-state index contributed by atoms with van der Waals surface area (Å²) in [6, 6.07) is 13.5. The minimum Gasteiger partial charge on any atom is -0.495 e. The molecule has 0 aliphatic heterocycles. The highest BCUT2D eigenvalue weighted by molar-refractivity contribution is 7.89. The third-order valence-electron chi connectivity index (χ3n) is 4.29. The van der Waals surface area contributed by atoms with Gasteiger partial charge in [-0.3, -0.25) is 9.59 Å². The maximum atomic E-state index is 13.1.